The molecule has 1 N–H and O–H groups in total. The van der Waals surface area contributed by atoms with Crippen molar-refractivity contribution >= 4 is 12.0 Å². The summed E-state index contributed by atoms with van der Waals surface area (Å²) in [6.07, 6.45) is 12.8. The smallest absolute Gasteiger partial charge is 0.223 e. The van der Waals surface area contributed by atoms with Gasteiger partial charge in [-0.25, -0.2) is 4.98 Å². The number of imidazole rings is 1. The minimum Gasteiger partial charge on any atom is -0.497 e. The largest absolute Gasteiger partial charge is 0.497 e. The monoisotopic (exact) mass is 446 g/mol. The van der Waals surface area contributed by atoms with Gasteiger partial charge in [-0.3, -0.25) is 4.79 Å². The number of hydrogen-bond donors (Lipinski definition) is 1. The maximum atomic E-state index is 12.1. The van der Waals surface area contributed by atoms with E-state index in [0.29, 0.717) is 6.42 Å². The number of carbonyl (C=O) groups excluding carboxylic acids is 1. The first-order chi connectivity index (χ1) is 16.1. The zero-order valence-corrected chi connectivity index (χ0v) is 19.6. The Bertz CT molecular complexity index is 997. The SMILES string of the molecule is COc1cccc(CCN(C)CCCCNC(=O)CC=Cc2ccc(-n3ccnc3)cc2)c1. The van der Waals surface area contributed by atoms with Crippen molar-refractivity contribution in [3.05, 3.63) is 84.5 Å². The molecule has 0 unspecified atom stereocenters. The molecule has 0 aliphatic rings. The second-order valence-corrected chi connectivity index (χ2v) is 8.13. The Balaban J connectivity index is 1.25. The topological polar surface area (TPSA) is 59.4 Å². The van der Waals surface area contributed by atoms with Crippen LogP contribution in [0.4, 0.5) is 0 Å². The number of methoxy groups -OCH3 is 1. The molecule has 1 aromatic heterocycles. The summed E-state index contributed by atoms with van der Waals surface area (Å²) in [7, 11) is 3.84. The van der Waals surface area contributed by atoms with Crippen molar-refractivity contribution in [2.75, 3.05) is 33.8 Å². The van der Waals surface area contributed by atoms with Gasteiger partial charge in [-0.15, -0.1) is 0 Å². The van der Waals surface area contributed by atoms with Gasteiger partial charge in [0, 0.05) is 37.6 Å². The number of hydrogen-bond acceptors (Lipinski definition) is 4. The van der Waals surface area contributed by atoms with E-state index in [4.69, 9.17) is 4.74 Å². The Hall–Kier alpha value is -3.38. The van der Waals surface area contributed by atoms with Gasteiger partial charge in [-0.2, -0.15) is 0 Å². The molecule has 3 aromatic rings. The number of amides is 1. The van der Waals surface area contributed by atoms with Crippen LogP contribution in [0.5, 0.6) is 5.75 Å². The number of carbonyl (C=O) groups is 1. The molecule has 0 bridgehead atoms. The average molecular weight is 447 g/mol. The molecule has 0 saturated carbocycles. The molecule has 0 aliphatic heterocycles. The van der Waals surface area contributed by atoms with Gasteiger partial charge in [-0.1, -0.05) is 36.4 Å². The van der Waals surface area contributed by atoms with Crippen molar-refractivity contribution in [3.8, 4) is 11.4 Å². The van der Waals surface area contributed by atoms with Gasteiger partial charge >= 0.3 is 0 Å². The van der Waals surface area contributed by atoms with Crippen molar-refractivity contribution in [3.63, 3.8) is 0 Å². The van der Waals surface area contributed by atoms with E-state index in [2.05, 4.69) is 34.4 Å². The van der Waals surface area contributed by atoms with Crippen LogP contribution in [-0.4, -0.2) is 54.1 Å². The Labute approximate surface area is 196 Å². The quantitative estimate of drug-likeness (QED) is 0.397. The minimum absolute atomic E-state index is 0.0627. The predicted octanol–water partition coefficient (Wildman–Crippen LogP) is 4.36. The third-order valence-corrected chi connectivity index (χ3v) is 5.51. The van der Waals surface area contributed by atoms with Crippen LogP contribution in [0.25, 0.3) is 11.8 Å². The van der Waals surface area contributed by atoms with Crippen LogP contribution < -0.4 is 10.1 Å². The summed E-state index contributed by atoms with van der Waals surface area (Å²) in [5, 5.41) is 3.01. The second kappa shape index (κ2) is 13.2. The molecule has 0 spiro atoms. The molecule has 1 heterocycles. The van der Waals surface area contributed by atoms with Crippen LogP contribution in [0, 0.1) is 0 Å². The van der Waals surface area contributed by atoms with E-state index in [1.54, 1.807) is 19.6 Å². The fourth-order valence-corrected chi connectivity index (χ4v) is 3.54. The van der Waals surface area contributed by atoms with E-state index in [-0.39, 0.29) is 5.91 Å². The van der Waals surface area contributed by atoms with Crippen molar-refractivity contribution in [1.82, 2.24) is 19.8 Å². The highest BCUT2D eigenvalue weighted by molar-refractivity contribution is 5.78. The van der Waals surface area contributed by atoms with Crippen molar-refractivity contribution in [2.24, 2.45) is 0 Å². The van der Waals surface area contributed by atoms with E-state index in [1.807, 2.05) is 59.3 Å². The molecule has 0 saturated heterocycles. The highest BCUT2D eigenvalue weighted by Gasteiger charge is 2.02. The van der Waals surface area contributed by atoms with Gasteiger partial charge in [0.2, 0.25) is 5.91 Å². The van der Waals surface area contributed by atoms with Crippen LogP contribution in [0.1, 0.15) is 30.4 Å². The third kappa shape index (κ3) is 8.58. The summed E-state index contributed by atoms with van der Waals surface area (Å²) in [6.45, 7) is 2.75. The zero-order chi connectivity index (χ0) is 23.3. The van der Waals surface area contributed by atoms with E-state index >= 15 is 0 Å². The van der Waals surface area contributed by atoms with Crippen molar-refractivity contribution in [2.45, 2.75) is 25.7 Å². The summed E-state index contributed by atoms with van der Waals surface area (Å²) in [5.41, 5.74) is 3.42. The number of ether oxygens (including phenoxy) is 1. The Morgan fingerprint density at radius 3 is 2.76 bits per heavy atom. The molecule has 1 amide bonds. The maximum Gasteiger partial charge on any atom is 0.223 e. The molecule has 6 nitrogen and oxygen atoms in total. The normalized spacial score (nSPS) is 11.2. The van der Waals surface area contributed by atoms with Gasteiger partial charge in [0.25, 0.3) is 0 Å². The standard InChI is InChI=1S/C27H34N4O2/c1-30(19-15-24-8-5-9-26(21-24)33-2)18-4-3-16-29-27(32)10-6-7-23-11-13-25(14-12-23)31-20-17-28-22-31/h5-9,11-14,17,20-22H,3-4,10,15-16,18-19H2,1-2H3,(H,29,32). The lowest BCUT2D eigenvalue weighted by molar-refractivity contribution is -0.120. The molecule has 6 heteroatoms. The summed E-state index contributed by atoms with van der Waals surface area (Å²) >= 11 is 0. The first-order valence-electron chi connectivity index (χ1n) is 11.5. The highest BCUT2D eigenvalue weighted by Crippen LogP contribution is 2.13. The first kappa shape index (κ1) is 24.3. The number of nitrogens with zero attached hydrogens (tertiary/aromatic N) is 3. The predicted molar refractivity (Wildman–Crippen MR) is 134 cm³/mol. The van der Waals surface area contributed by atoms with Gasteiger partial charge in [-0.05, 0) is 68.2 Å². The molecular formula is C27H34N4O2. The Kier molecular flexibility index (Phi) is 9.73. The highest BCUT2D eigenvalue weighted by atomic mass is 16.5. The van der Waals surface area contributed by atoms with Crippen LogP contribution in [0.2, 0.25) is 0 Å². The van der Waals surface area contributed by atoms with Crippen LogP contribution in [0.3, 0.4) is 0 Å². The summed E-state index contributed by atoms with van der Waals surface area (Å²) in [5.74, 6) is 0.969. The number of benzene rings is 2. The summed E-state index contributed by atoms with van der Waals surface area (Å²) < 4.78 is 7.24. The molecular weight excluding hydrogens is 412 g/mol. The molecule has 0 atom stereocenters. The van der Waals surface area contributed by atoms with Crippen LogP contribution >= 0.6 is 0 Å². The van der Waals surface area contributed by atoms with Crippen molar-refractivity contribution < 1.29 is 9.53 Å². The number of rotatable bonds is 13. The number of likely N-dealkylation sites (N-methyl/N-ethyl adjacent to an activating group) is 1. The van der Waals surface area contributed by atoms with E-state index in [0.717, 1.165) is 55.9 Å². The number of nitrogens with one attached hydrogen (secondary N) is 1. The molecule has 174 valence electrons. The summed E-state index contributed by atoms with van der Waals surface area (Å²) in [4.78, 5) is 18.5. The summed E-state index contributed by atoms with van der Waals surface area (Å²) in [6, 6.07) is 16.4. The van der Waals surface area contributed by atoms with Gasteiger partial charge in [0.05, 0.1) is 13.4 Å². The molecule has 0 fully saturated rings. The molecule has 0 aliphatic carbocycles. The van der Waals surface area contributed by atoms with Gasteiger partial charge in [0.1, 0.15) is 5.75 Å². The molecule has 0 radical (unpaired) electrons. The lowest BCUT2D eigenvalue weighted by atomic mass is 10.1. The van der Waals surface area contributed by atoms with E-state index in [1.165, 1.54) is 5.56 Å². The third-order valence-electron chi connectivity index (χ3n) is 5.51. The van der Waals surface area contributed by atoms with Crippen molar-refractivity contribution in [1.29, 1.82) is 0 Å². The lowest BCUT2D eigenvalue weighted by Gasteiger charge is -2.16. The van der Waals surface area contributed by atoms with Gasteiger partial charge in [0.15, 0.2) is 0 Å². The lowest BCUT2D eigenvalue weighted by Crippen LogP contribution is -2.26. The van der Waals surface area contributed by atoms with E-state index in [9.17, 15) is 4.79 Å². The van der Waals surface area contributed by atoms with Crippen LogP contribution in [0.15, 0.2) is 73.3 Å². The second-order valence-electron chi connectivity index (χ2n) is 8.13. The Morgan fingerprint density at radius 1 is 1.15 bits per heavy atom. The number of unbranched alkanes of at least 4 members (excludes halogenated alkanes) is 1. The fourth-order valence-electron chi connectivity index (χ4n) is 3.54. The minimum atomic E-state index is 0.0627. The Morgan fingerprint density at radius 2 is 2.00 bits per heavy atom. The zero-order valence-electron chi connectivity index (χ0n) is 19.6. The van der Waals surface area contributed by atoms with E-state index < -0.39 is 0 Å². The average Bonchev–Trinajstić information content (AvgIpc) is 3.38. The number of aromatic nitrogens is 2. The van der Waals surface area contributed by atoms with Crippen LogP contribution in [-0.2, 0) is 11.2 Å². The molecule has 2 aromatic carbocycles. The molecule has 33 heavy (non-hydrogen) atoms. The fraction of sp³-hybridized carbons (Fsp3) is 0.333. The van der Waals surface area contributed by atoms with Gasteiger partial charge < -0.3 is 19.5 Å². The first-order valence-corrected chi connectivity index (χ1v) is 11.5. The maximum absolute atomic E-state index is 12.1. The molecule has 3 rings (SSSR count).